The van der Waals surface area contributed by atoms with Crippen LogP contribution in [0.2, 0.25) is 0 Å². The van der Waals surface area contributed by atoms with E-state index in [4.69, 9.17) is 16.9 Å². The van der Waals surface area contributed by atoms with Gasteiger partial charge in [-0.2, -0.15) is 0 Å². The van der Waals surface area contributed by atoms with Crippen LogP contribution in [0.4, 0.5) is 0 Å². The standard InChI is InChI=1S/C11H20N2O2/c1-4-6-9(5-2)13-11(14)7-10(8-12)15-3/h1,9-10H,5-8,12H2,2-3H3,(H,13,14). The van der Waals surface area contributed by atoms with Gasteiger partial charge in [0.1, 0.15) is 0 Å². The molecule has 0 rings (SSSR count). The molecule has 0 fully saturated rings. The summed E-state index contributed by atoms with van der Waals surface area (Å²) < 4.78 is 5.02. The lowest BCUT2D eigenvalue weighted by Gasteiger charge is -2.17. The predicted molar refractivity (Wildman–Crippen MR) is 60.1 cm³/mol. The van der Waals surface area contributed by atoms with E-state index in [2.05, 4.69) is 11.2 Å². The summed E-state index contributed by atoms with van der Waals surface area (Å²) in [6.07, 6.45) is 6.65. The van der Waals surface area contributed by atoms with Gasteiger partial charge in [0.05, 0.1) is 12.5 Å². The number of nitrogens with one attached hydrogen (secondary N) is 1. The van der Waals surface area contributed by atoms with Gasteiger partial charge in [0, 0.05) is 26.1 Å². The van der Waals surface area contributed by atoms with Crippen molar-refractivity contribution < 1.29 is 9.53 Å². The molecule has 4 nitrogen and oxygen atoms in total. The van der Waals surface area contributed by atoms with E-state index in [9.17, 15) is 4.79 Å². The molecule has 3 N–H and O–H groups in total. The van der Waals surface area contributed by atoms with Gasteiger partial charge in [-0.05, 0) is 6.42 Å². The van der Waals surface area contributed by atoms with Gasteiger partial charge in [-0.15, -0.1) is 12.3 Å². The van der Waals surface area contributed by atoms with Crippen LogP contribution in [0.15, 0.2) is 0 Å². The van der Waals surface area contributed by atoms with Crippen molar-refractivity contribution >= 4 is 5.91 Å². The maximum absolute atomic E-state index is 11.5. The number of hydrogen-bond acceptors (Lipinski definition) is 3. The molecule has 0 aromatic carbocycles. The number of ether oxygens (including phenoxy) is 1. The van der Waals surface area contributed by atoms with Crippen molar-refractivity contribution in [2.45, 2.75) is 38.3 Å². The number of nitrogens with two attached hydrogens (primary N) is 1. The molecule has 0 bridgehead atoms. The highest BCUT2D eigenvalue weighted by Gasteiger charge is 2.14. The molecule has 15 heavy (non-hydrogen) atoms. The van der Waals surface area contributed by atoms with Crippen LogP contribution in [0.1, 0.15) is 26.2 Å². The van der Waals surface area contributed by atoms with E-state index < -0.39 is 0 Å². The van der Waals surface area contributed by atoms with Crippen LogP contribution in [-0.2, 0) is 9.53 Å². The molecule has 0 radical (unpaired) electrons. The zero-order chi connectivity index (χ0) is 11.7. The highest BCUT2D eigenvalue weighted by Crippen LogP contribution is 1.99. The minimum atomic E-state index is -0.214. The average Bonchev–Trinajstić information content (AvgIpc) is 2.25. The van der Waals surface area contributed by atoms with E-state index in [0.29, 0.717) is 13.0 Å². The number of carbonyl (C=O) groups is 1. The third-order valence-corrected chi connectivity index (χ3v) is 2.23. The quantitative estimate of drug-likeness (QED) is 0.595. The number of amides is 1. The lowest BCUT2D eigenvalue weighted by Crippen LogP contribution is -2.38. The largest absolute Gasteiger partial charge is 0.380 e. The molecule has 0 aromatic heterocycles. The first kappa shape index (κ1) is 13.9. The Bertz CT molecular complexity index is 219. The number of terminal acetylenes is 1. The molecule has 1 amide bonds. The van der Waals surface area contributed by atoms with E-state index >= 15 is 0 Å². The van der Waals surface area contributed by atoms with Gasteiger partial charge in [0.15, 0.2) is 0 Å². The molecule has 0 aliphatic rings. The second kappa shape index (κ2) is 8.27. The van der Waals surface area contributed by atoms with E-state index in [-0.39, 0.29) is 24.5 Å². The Hall–Kier alpha value is -1.05. The molecule has 86 valence electrons. The molecule has 0 aliphatic heterocycles. The fourth-order valence-corrected chi connectivity index (χ4v) is 1.20. The van der Waals surface area contributed by atoms with Crippen LogP contribution in [-0.4, -0.2) is 31.7 Å². The third kappa shape index (κ3) is 6.10. The van der Waals surface area contributed by atoms with Crippen molar-refractivity contribution in [1.29, 1.82) is 0 Å². The van der Waals surface area contributed by atoms with Crippen LogP contribution >= 0.6 is 0 Å². The first-order valence-electron chi connectivity index (χ1n) is 5.13. The summed E-state index contributed by atoms with van der Waals surface area (Å²) in [6, 6.07) is 0.0535. The van der Waals surface area contributed by atoms with E-state index in [1.807, 2.05) is 6.92 Å². The summed E-state index contributed by atoms with van der Waals surface area (Å²) in [7, 11) is 1.55. The predicted octanol–water partition coefficient (Wildman–Crippen LogP) is 0.268. The van der Waals surface area contributed by atoms with Gasteiger partial charge >= 0.3 is 0 Å². The molecule has 2 unspecified atom stereocenters. The highest BCUT2D eigenvalue weighted by molar-refractivity contribution is 5.76. The summed E-state index contributed by atoms with van der Waals surface area (Å²) in [5.74, 6) is 2.47. The number of rotatable bonds is 7. The van der Waals surface area contributed by atoms with Crippen molar-refractivity contribution in [3.63, 3.8) is 0 Å². The molecule has 0 saturated carbocycles. The van der Waals surface area contributed by atoms with Crippen LogP contribution in [0.5, 0.6) is 0 Å². The Morgan fingerprint density at radius 1 is 1.67 bits per heavy atom. The lowest BCUT2D eigenvalue weighted by atomic mass is 10.1. The molecule has 4 heteroatoms. The van der Waals surface area contributed by atoms with Gasteiger partial charge in [0.2, 0.25) is 5.91 Å². The van der Waals surface area contributed by atoms with Crippen LogP contribution in [0.25, 0.3) is 0 Å². The Kier molecular flexibility index (Phi) is 7.69. The maximum atomic E-state index is 11.5. The molecular weight excluding hydrogens is 192 g/mol. The van der Waals surface area contributed by atoms with E-state index in [1.165, 1.54) is 0 Å². The monoisotopic (exact) mass is 212 g/mol. The molecule has 0 aliphatic carbocycles. The third-order valence-electron chi connectivity index (χ3n) is 2.23. The minimum Gasteiger partial charge on any atom is -0.380 e. The van der Waals surface area contributed by atoms with Gasteiger partial charge in [-0.25, -0.2) is 0 Å². The van der Waals surface area contributed by atoms with Gasteiger partial charge in [-0.3, -0.25) is 4.79 Å². The van der Waals surface area contributed by atoms with Crippen LogP contribution in [0, 0.1) is 12.3 Å². The summed E-state index contributed by atoms with van der Waals surface area (Å²) in [5, 5.41) is 2.85. The molecular formula is C11H20N2O2. The second-order valence-corrected chi connectivity index (χ2v) is 3.38. The fourth-order valence-electron chi connectivity index (χ4n) is 1.20. The van der Waals surface area contributed by atoms with Crippen molar-refractivity contribution in [3.8, 4) is 12.3 Å². The van der Waals surface area contributed by atoms with Gasteiger partial charge in [-0.1, -0.05) is 6.92 Å². The normalized spacial score (nSPS) is 14.0. The lowest BCUT2D eigenvalue weighted by molar-refractivity contribution is -0.124. The van der Waals surface area contributed by atoms with Crippen LogP contribution < -0.4 is 11.1 Å². The Morgan fingerprint density at radius 3 is 2.73 bits per heavy atom. The number of carbonyl (C=O) groups excluding carboxylic acids is 1. The first-order valence-corrected chi connectivity index (χ1v) is 5.13. The number of methoxy groups -OCH3 is 1. The van der Waals surface area contributed by atoms with Gasteiger partial charge in [0.25, 0.3) is 0 Å². The molecule has 2 atom stereocenters. The zero-order valence-electron chi connectivity index (χ0n) is 9.45. The summed E-state index contributed by atoms with van der Waals surface area (Å²) in [4.78, 5) is 11.5. The SMILES string of the molecule is C#CCC(CC)NC(=O)CC(CN)OC. The summed E-state index contributed by atoms with van der Waals surface area (Å²) in [5.41, 5.74) is 5.42. The number of hydrogen-bond donors (Lipinski definition) is 2. The average molecular weight is 212 g/mol. The molecule has 0 spiro atoms. The van der Waals surface area contributed by atoms with Crippen molar-refractivity contribution in [3.05, 3.63) is 0 Å². The Labute approximate surface area is 91.6 Å². The minimum absolute atomic E-state index is 0.0535. The fraction of sp³-hybridized carbons (Fsp3) is 0.727. The van der Waals surface area contributed by atoms with Crippen molar-refractivity contribution in [1.82, 2.24) is 5.32 Å². The smallest absolute Gasteiger partial charge is 0.222 e. The van der Waals surface area contributed by atoms with Crippen LogP contribution in [0.3, 0.4) is 0 Å². The molecule has 0 saturated heterocycles. The maximum Gasteiger partial charge on any atom is 0.222 e. The first-order chi connectivity index (χ1) is 7.17. The zero-order valence-corrected chi connectivity index (χ0v) is 9.45. The van der Waals surface area contributed by atoms with E-state index in [0.717, 1.165) is 6.42 Å². The summed E-state index contributed by atoms with van der Waals surface area (Å²) >= 11 is 0. The molecule has 0 aromatic rings. The van der Waals surface area contributed by atoms with Gasteiger partial charge < -0.3 is 15.8 Å². The van der Waals surface area contributed by atoms with Crippen molar-refractivity contribution in [2.24, 2.45) is 5.73 Å². The Balaban J connectivity index is 3.95. The van der Waals surface area contributed by atoms with E-state index in [1.54, 1.807) is 7.11 Å². The topological polar surface area (TPSA) is 64.4 Å². The second-order valence-electron chi connectivity index (χ2n) is 3.38. The summed E-state index contributed by atoms with van der Waals surface area (Å²) in [6.45, 7) is 2.33. The Morgan fingerprint density at radius 2 is 2.33 bits per heavy atom. The van der Waals surface area contributed by atoms with Crippen molar-refractivity contribution in [2.75, 3.05) is 13.7 Å². The highest BCUT2D eigenvalue weighted by atomic mass is 16.5. The molecule has 0 heterocycles.